The van der Waals surface area contributed by atoms with Gasteiger partial charge in [-0.05, 0) is 0 Å². The van der Waals surface area contributed by atoms with Gasteiger partial charge in [-0.2, -0.15) is 5.26 Å². The second-order valence-electron chi connectivity index (χ2n) is 4.72. The maximum atomic E-state index is 12.8. The first kappa shape index (κ1) is 13.7. The summed E-state index contributed by atoms with van der Waals surface area (Å²) < 4.78 is 19.4. The Labute approximate surface area is 118 Å². The van der Waals surface area contributed by atoms with Crippen LogP contribution in [0.3, 0.4) is 0 Å². The molecule has 1 aliphatic heterocycles. The van der Waals surface area contributed by atoms with Crippen LogP contribution in [0, 0.1) is 11.3 Å². The van der Waals surface area contributed by atoms with E-state index in [0.29, 0.717) is 5.39 Å². The zero-order chi connectivity index (χ0) is 15.1. The number of nitrogens with zero attached hydrogens (tertiary/aromatic N) is 4. The predicted molar refractivity (Wildman–Crippen MR) is 68.6 cm³/mol. The van der Waals surface area contributed by atoms with Gasteiger partial charge in [0.25, 0.3) is 0 Å². The molecule has 0 radical (unpaired) electrons. The SMILES string of the molecule is N#Cc1cn([C@@H]2O[C@H](CF)[C@@H](O)[C@H]2O)c2ncnc(N)c12. The van der Waals surface area contributed by atoms with Gasteiger partial charge in [-0.3, -0.25) is 0 Å². The fourth-order valence-corrected chi connectivity index (χ4v) is 2.47. The van der Waals surface area contributed by atoms with Crippen molar-refractivity contribution in [2.75, 3.05) is 12.4 Å². The lowest BCUT2D eigenvalue weighted by Gasteiger charge is -2.17. The maximum Gasteiger partial charge on any atom is 0.164 e. The summed E-state index contributed by atoms with van der Waals surface area (Å²) in [5.41, 5.74) is 6.21. The van der Waals surface area contributed by atoms with E-state index in [1.807, 2.05) is 6.07 Å². The highest BCUT2D eigenvalue weighted by Gasteiger charge is 2.44. The van der Waals surface area contributed by atoms with Crippen LogP contribution in [0.2, 0.25) is 0 Å². The van der Waals surface area contributed by atoms with Crippen molar-refractivity contribution >= 4 is 16.9 Å². The lowest BCUT2D eigenvalue weighted by atomic mass is 10.1. The summed E-state index contributed by atoms with van der Waals surface area (Å²) in [5.74, 6) is 0.116. The summed E-state index contributed by atoms with van der Waals surface area (Å²) >= 11 is 0. The third-order valence-corrected chi connectivity index (χ3v) is 3.52. The third-order valence-electron chi connectivity index (χ3n) is 3.52. The lowest BCUT2D eigenvalue weighted by molar-refractivity contribution is -0.0406. The molecular weight excluding hydrogens is 281 g/mol. The second kappa shape index (κ2) is 4.92. The zero-order valence-electron chi connectivity index (χ0n) is 10.7. The molecule has 0 spiro atoms. The van der Waals surface area contributed by atoms with E-state index in [1.165, 1.54) is 17.1 Å². The molecule has 0 aromatic carbocycles. The molecule has 4 atom stereocenters. The van der Waals surface area contributed by atoms with Crippen molar-refractivity contribution in [2.45, 2.75) is 24.5 Å². The summed E-state index contributed by atoms with van der Waals surface area (Å²) in [6.07, 6.45) is -2.30. The first-order valence-electron chi connectivity index (χ1n) is 6.17. The highest BCUT2D eigenvalue weighted by atomic mass is 19.1. The van der Waals surface area contributed by atoms with Crippen molar-refractivity contribution in [1.29, 1.82) is 5.26 Å². The Morgan fingerprint density at radius 1 is 1.43 bits per heavy atom. The molecule has 1 aliphatic rings. The number of aromatic nitrogens is 3. The predicted octanol–water partition coefficient (Wildman–Crippen LogP) is -0.526. The maximum absolute atomic E-state index is 12.8. The summed E-state index contributed by atoms with van der Waals surface area (Å²) in [4.78, 5) is 7.83. The molecule has 9 heteroatoms. The van der Waals surface area contributed by atoms with Crippen molar-refractivity contribution in [3.05, 3.63) is 18.1 Å². The molecule has 21 heavy (non-hydrogen) atoms. The van der Waals surface area contributed by atoms with Crippen molar-refractivity contribution < 1.29 is 19.3 Å². The molecule has 1 fully saturated rings. The Hall–Kier alpha value is -2.28. The van der Waals surface area contributed by atoms with Gasteiger partial charge < -0.3 is 25.3 Å². The van der Waals surface area contributed by atoms with E-state index >= 15 is 0 Å². The highest BCUT2D eigenvalue weighted by Crippen LogP contribution is 2.34. The molecule has 3 rings (SSSR count). The van der Waals surface area contributed by atoms with Gasteiger partial charge in [-0.1, -0.05) is 0 Å². The van der Waals surface area contributed by atoms with E-state index in [1.54, 1.807) is 0 Å². The highest BCUT2D eigenvalue weighted by molar-refractivity contribution is 5.91. The number of anilines is 1. The molecule has 0 aliphatic carbocycles. The van der Waals surface area contributed by atoms with Gasteiger partial charge in [0.05, 0.1) is 10.9 Å². The van der Waals surface area contributed by atoms with Crippen molar-refractivity contribution in [1.82, 2.24) is 14.5 Å². The molecule has 2 aromatic rings. The fraction of sp³-hybridized carbons (Fsp3) is 0.417. The number of hydrogen-bond donors (Lipinski definition) is 3. The summed E-state index contributed by atoms with van der Waals surface area (Å²) in [6.45, 7) is -0.934. The molecule has 0 bridgehead atoms. The Kier molecular flexibility index (Phi) is 3.21. The third kappa shape index (κ3) is 1.92. The number of nitriles is 1. The topological polar surface area (TPSA) is 130 Å². The molecule has 110 valence electrons. The van der Waals surface area contributed by atoms with Gasteiger partial charge in [-0.25, -0.2) is 14.4 Å². The summed E-state index contributed by atoms with van der Waals surface area (Å²) in [7, 11) is 0. The van der Waals surface area contributed by atoms with Gasteiger partial charge in [-0.15, -0.1) is 0 Å². The normalized spacial score (nSPS) is 28.9. The Morgan fingerprint density at radius 2 is 2.19 bits per heavy atom. The molecule has 3 heterocycles. The number of fused-ring (bicyclic) bond motifs is 1. The van der Waals surface area contributed by atoms with E-state index in [0.717, 1.165) is 0 Å². The Morgan fingerprint density at radius 3 is 2.81 bits per heavy atom. The number of aliphatic hydroxyl groups excluding tert-OH is 2. The first-order chi connectivity index (χ1) is 10.1. The van der Waals surface area contributed by atoms with Gasteiger partial charge >= 0.3 is 0 Å². The molecular formula is C12H12FN5O3. The average Bonchev–Trinajstić information content (AvgIpc) is 2.99. The smallest absolute Gasteiger partial charge is 0.164 e. The largest absolute Gasteiger partial charge is 0.387 e. The van der Waals surface area contributed by atoms with Crippen molar-refractivity contribution in [3.63, 3.8) is 0 Å². The quantitative estimate of drug-likeness (QED) is 0.678. The number of ether oxygens (including phenoxy) is 1. The number of halogens is 1. The van der Waals surface area contributed by atoms with Gasteiger partial charge in [0.2, 0.25) is 0 Å². The Bertz CT molecular complexity index is 727. The van der Waals surface area contributed by atoms with Crippen LogP contribution in [-0.4, -0.2) is 49.7 Å². The Balaban J connectivity index is 2.14. The van der Waals surface area contributed by atoms with Crippen LogP contribution in [-0.2, 0) is 4.74 Å². The van der Waals surface area contributed by atoms with E-state index in [-0.39, 0.29) is 17.0 Å². The number of hydrogen-bond acceptors (Lipinski definition) is 7. The molecule has 4 N–H and O–H groups in total. The van der Waals surface area contributed by atoms with Crippen LogP contribution in [0.15, 0.2) is 12.5 Å². The van der Waals surface area contributed by atoms with E-state index in [4.69, 9.17) is 15.7 Å². The summed E-state index contributed by atoms with van der Waals surface area (Å²) in [5, 5.41) is 29.2. The standard InChI is InChI=1S/C12H12FN5O3/c13-1-6-8(19)9(20)12(21-6)18-3-5(2-14)7-10(15)16-4-17-11(7)18/h3-4,6,8-9,12,19-20H,1H2,(H2,15,16,17)/t6-,8-,9-,12-/m1/s1. The molecule has 1 saturated heterocycles. The number of nitrogen functional groups attached to an aromatic ring is 1. The fourth-order valence-electron chi connectivity index (χ4n) is 2.47. The number of rotatable bonds is 2. The van der Waals surface area contributed by atoms with Crippen molar-refractivity contribution in [3.8, 4) is 6.07 Å². The minimum Gasteiger partial charge on any atom is -0.387 e. The van der Waals surface area contributed by atoms with Crippen LogP contribution in [0.4, 0.5) is 10.2 Å². The van der Waals surface area contributed by atoms with Gasteiger partial charge in [0, 0.05) is 6.20 Å². The van der Waals surface area contributed by atoms with Crippen molar-refractivity contribution in [2.24, 2.45) is 0 Å². The minimum atomic E-state index is -1.36. The van der Waals surface area contributed by atoms with E-state index < -0.39 is 31.2 Å². The van der Waals surface area contributed by atoms with E-state index in [2.05, 4.69) is 9.97 Å². The number of alkyl halides is 1. The molecule has 0 saturated carbocycles. The van der Waals surface area contributed by atoms with Crippen LogP contribution in [0.5, 0.6) is 0 Å². The van der Waals surface area contributed by atoms with Crippen LogP contribution in [0.1, 0.15) is 11.8 Å². The average molecular weight is 293 g/mol. The van der Waals surface area contributed by atoms with Gasteiger partial charge in [0.1, 0.15) is 48.8 Å². The zero-order valence-corrected chi connectivity index (χ0v) is 10.7. The first-order valence-corrected chi connectivity index (χ1v) is 6.17. The number of aliphatic hydroxyl groups is 2. The molecule has 8 nitrogen and oxygen atoms in total. The monoisotopic (exact) mass is 293 g/mol. The van der Waals surface area contributed by atoms with Crippen LogP contribution >= 0.6 is 0 Å². The minimum absolute atomic E-state index is 0.116. The summed E-state index contributed by atoms with van der Waals surface area (Å²) in [6, 6.07) is 1.95. The van der Waals surface area contributed by atoms with Crippen LogP contribution < -0.4 is 5.73 Å². The van der Waals surface area contributed by atoms with Crippen LogP contribution in [0.25, 0.3) is 11.0 Å². The number of nitrogens with two attached hydrogens (primary N) is 1. The van der Waals surface area contributed by atoms with Gasteiger partial charge in [0.15, 0.2) is 6.23 Å². The molecule has 0 unspecified atom stereocenters. The molecule has 0 amide bonds. The van der Waals surface area contributed by atoms with E-state index in [9.17, 15) is 14.6 Å². The second-order valence-corrected chi connectivity index (χ2v) is 4.72. The lowest BCUT2D eigenvalue weighted by Crippen LogP contribution is -2.32. The molecule has 2 aromatic heterocycles.